The summed E-state index contributed by atoms with van der Waals surface area (Å²) >= 11 is 0. The summed E-state index contributed by atoms with van der Waals surface area (Å²) in [7, 11) is 0. The minimum absolute atomic E-state index is 0.0532. The van der Waals surface area contributed by atoms with Gasteiger partial charge in [-0.2, -0.15) is 0 Å². The molecule has 0 spiro atoms. The predicted octanol–water partition coefficient (Wildman–Crippen LogP) is 6.29. The molecule has 5 heterocycles. The Hall–Kier alpha value is -4.56. The van der Waals surface area contributed by atoms with Gasteiger partial charge in [-0.3, -0.25) is 9.97 Å². The molecule has 8 nitrogen and oxygen atoms in total. The molecule has 3 aromatic heterocycles. The van der Waals surface area contributed by atoms with Crippen LogP contribution in [0.5, 0.6) is 0 Å². The molecule has 5 aromatic rings. The summed E-state index contributed by atoms with van der Waals surface area (Å²) < 4.78 is 2.16. The highest BCUT2D eigenvalue weighted by Gasteiger charge is 2.35. The second-order valence-corrected chi connectivity index (χ2v) is 10.7. The fourth-order valence-corrected chi connectivity index (χ4v) is 6.20. The number of likely N-dealkylation sites (tertiary alicyclic amines) is 1. The van der Waals surface area contributed by atoms with Gasteiger partial charge in [-0.15, -0.1) is 0 Å². The minimum Gasteiger partial charge on any atom is -0.465 e. The third-order valence-electron chi connectivity index (χ3n) is 8.37. The maximum absolute atomic E-state index is 11.1. The van der Waals surface area contributed by atoms with Crippen molar-refractivity contribution in [2.75, 3.05) is 13.1 Å². The number of piperidine rings is 1. The van der Waals surface area contributed by atoms with Crippen LogP contribution >= 0.6 is 0 Å². The lowest BCUT2D eigenvalue weighted by atomic mass is 9.85. The molecule has 0 bridgehead atoms. The summed E-state index contributed by atoms with van der Waals surface area (Å²) in [5, 5.41) is 22.3. The molecule has 2 aromatic carbocycles. The van der Waals surface area contributed by atoms with E-state index in [9.17, 15) is 9.90 Å². The number of imidazole rings is 1. The quantitative estimate of drug-likeness (QED) is 0.256. The van der Waals surface area contributed by atoms with Gasteiger partial charge in [0.1, 0.15) is 0 Å². The average Bonchev–Trinajstić information content (AvgIpc) is 3.60. The van der Waals surface area contributed by atoms with Crippen LogP contribution in [0.25, 0.3) is 33.0 Å². The van der Waals surface area contributed by atoms with Crippen molar-refractivity contribution in [3.05, 3.63) is 103 Å². The molecule has 2 N–H and O–H groups in total. The number of rotatable bonds is 4. The van der Waals surface area contributed by atoms with Crippen molar-refractivity contribution >= 4 is 39.0 Å². The van der Waals surface area contributed by atoms with Gasteiger partial charge in [0.25, 0.3) is 0 Å². The number of aliphatic hydroxyl groups excluding tert-OH is 1. The molecule has 0 saturated carbocycles. The standard InChI is InChI=1S/C21H25N3O3.C12H8N2/c1-14-18-12-22-13-24(18)17(20(14)16-5-3-2-4-6-16)11-19(25)15-7-9-23(10-8-15)21(26)27;1-3-9-5-6-10-4-2-8-14-12(10)11(9)13-7-1/h2-6,12-13,15,17,19,25H,7-11H2,1H3,(H,26,27);1-8H. The fourth-order valence-electron chi connectivity index (χ4n) is 6.20. The van der Waals surface area contributed by atoms with Gasteiger partial charge in [0.2, 0.25) is 0 Å². The normalized spacial score (nSPS) is 17.8. The molecule has 1 amide bonds. The largest absolute Gasteiger partial charge is 0.465 e. The number of hydrogen-bond acceptors (Lipinski definition) is 5. The van der Waals surface area contributed by atoms with Gasteiger partial charge in [-0.05, 0) is 60.9 Å². The Balaban J connectivity index is 0.000000180. The molecule has 2 unspecified atom stereocenters. The molecule has 2 aliphatic rings. The zero-order chi connectivity index (χ0) is 28.3. The number of amides is 1. The molecule has 208 valence electrons. The number of hydrogen-bond donors (Lipinski definition) is 2. The van der Waals surface area contributed by atoms with E-state index in [4.69, 9.17) is 5.11 Å². The third kappa shape index (κ3) is 5.30. The van der Waals surface area contributed by atoms with Crippen LogP contribution in [0, 0.1) is 5.92 Å². The summed E-state index contributed by atoms with van der Waals surface area (Å²) in [6, 6.07) is 22.5. The molecule has 1 fully saturated rings. The second kappa shape index (κ2) is 11.5. The Labute approximate surface area is 238 Å². The van der Waals surface area contributed by atoms with E-state index < -0.39 is 12.2 Å². The number of allylic oxidation sites excluding steroid dienone is 2. The van der Waals surface area contributed by atoms with Crippen molar-refractivity contribution in [1.82, 2.24) is 24.4 Å². The van der Waals surface area contributed by atoms with Crippen LogP contribution in [0.3, 0.4) is 0 Å². The lowest BCUT2D eigenvalue weighted by Crippen LogP contribution is -2.41. The van der Waals surface area contributed by atoms with E-state index in [1.54, 1.807) is 12.4 Å². The Bertz CT molecular complexity index is 1650. The first-order chi connectivity index (χ1) is 20.0. The maximum Gasteiger partial charge on any atom is 0.407 e. The van der Waals surface area contributed by atoms with Crippen LogP contribution < -0.4 is 0 Å². The molecule has 41 heavy (non-hydrogen) atoms. The minimum atomic E-state index is -0.869. The number of carbonyl (C=O) groups is 1. The van der Waals surface area contributed by atoms with Gasteiger partial charge in [0.15, 0.2) is 0 Å². The third-order valence-corrected chi connectivity index (χ3v) is 8.37. The molecule has 2 atom stereocenters. The van der Waals surface area contributed by atoms with Gasteiger partial charge < -0.3 is 19.7 Å². The zero-order valence-corrected chi connectivity index (χ0v) is 23.0. The monoisotopic (exact) mass is 547 g/mol. The van der Waals surface area contributed by atoms with E-state index in [-0.39, 0.29) is 12.0 Å². The van der Waals surface area contributed by atoms with Gasteiger partial charge >= 0.3 is 6.09 Å². The van der Waals surface area contributed by atoms with Crippen molar-refractivity contribution < 1.29 is 15.0 Å². The number of aliphatic hydroxyl groups is 1. The first kappa shape index (κ1) is 26.7. The summed E-state index contributed by atoms with van der Waals surface area (Å²) in [4.78, 5) is 25.5. The van der Waals surface area contributed by atoms with Gasteiger partial charge in [0, 0.05) is 36.3 Å². The van der Waals surface area contributed by atoms with Crippen molar-refractivity contribution in [2.24, 2.45) is 5.92 Å². The van der Waals surface area contributed by atoms with Gasteiger partial charge in [-0.1, -0.05) is 54.6 Å². The summed E-state index contributed by atoms with van der Waals surface area (Å²) in [5.74, 6) is 0.130. The van der Waals surface area contributed by atoms with E-state index in [0.717, 1.165) is 27.5 Å². The molecule has 7 rings (SSSR count). The highest BCUT2D eigenvalue weighted by atomic mass is 16.4. The summed E-state index contributed by atoms with van der Waals surface area (Å²) in [5.41, 5.74) is 6.69. The molecule has 1 saturated heterocycles. The highest BCUT2D eigenvalue weighted by molar-refractivity contribution is 6.02. The number of carboxylic acid groups (broad SMARTS) is 1. The fraction of sp³-hybridized carbons (Fsp3) is 0.273. The Kier molecular flexibility index (Phi) is 7.48. The number of nitrogens with zero attached hydrogens (tertiary/aromatic N) is 5. The van der Waals surface area contributed by atoms with E-state index in [0.29, 0.717) is 32.4 Å². The van der Waals surface area contributed by atoms with E-state index in [1.165, 1.54) is 21.6 Å². The van der Waals surface area contributed by atoms with Gasteiger partial charge in [-0.25, -0.2) is 9.78 Å². The van der Waals surface area contributed by atoms with E-state index in [1.807, 2.05) is 42.9 Å². The van der Waals surface area contributed by atoms with Crippen LogP contribution in [-0.2, 0) is 0 Å². The van der Waals surface area contributed by atoms with Crippen LogP contribution in [0.2, 0.25) is 0 Å². The van der Waals surface area contributed by atoms with Crippen molar-refractivity contribution in [1.29, 1.82) is 0 Å². The van der Waals surface area contributed by atoms with Gasteiger partial charge in [0.05, 0.1) is 41.4 Å². The molecule has 0 radical (unpaired) electrons. The second-order valence-electron chi connectivity index (χ2n) is 10.7. The van der Waals surface area contributed by atoms with Crippen LogP contribution in [0.15, 0.2) is 91.6 Å². The Morgan fingerprint density at radius 1 is 0.927 bits per heavy atom. The predicted molar refractivity (Wildman–Crippen MR) is 160 cm³/mol. The molecule has 8 heteroatoms. The SMILES string of the molecule is CC1=C(c2ccccc2)C(CC(O)C2CCN(C(=O)O)CC2)n2cncc21.c1cnc2c(c1)ccc1cccnc12. The molecular weight excluding hydrogens is 514 g/mol. The van der Waals surface area contributed by atoms with Crippen LogP contribution in [-0.4, -0.2) is 59.9 Å². The Morgan fingerprint density at radius 2 is 1.56 bits per heavy atom. The first-order valence-electron chi connectivity index (χ1n) is 14.0. The summed E-state index contributed by atoms with van der Waals surface area (Å²) in [6.45, 7) is 3.12. The van der Waals surface area contributed by atoms with E-state index >= 15 is 0 Å². The molecule has 2 aliphatic heterocycles. The van der Waals surface area contributed by atoms with Crippen molar-refractivity contribution in [2.45, 2.75) is 38.3 Å². The van der Waals surface area contributed by atoms with Crippen LogP contribution in [0.1, 0.15) is 43.5 Å². The highest BCUT2D eigenvalue weighted by Crippen LogP contribution is 2.45. The number of aromatic nitrogens is 4. The first-order valence-corrected chi connectivity index (χ1v) is 14.0. The lowest BCUT2D eigenvalue weighted by Gasteiger charge is -2.34. The molecule has 0 aliphatic carbocycles. The topological polar surface area (TPSA) is 104 Å². The zero-order valence-electron chi connectivity index (χ0n) is 23.0. The number of pyridine rings is 2. The average molecular weight is 548 g/mol. The Morgan fingerprint density at radius 3 is 2.17 bits per heavy atom. The number of fused-ring (bicyclic) bond motifs is 4. The van der Waals surface area contributed by atoms with E-state index in [2.05, 4.69) is 62.8 Å². The molecular formula is C33H33N5O3. The van der Waals surface area contributed by atoms with Crippen LogP contribution in [0.4, 0.5) is 4.79 Å². The smallest absolute Gasteiger partial charge is 0.407 e. The lowest BCUT2D eigenvalue weighted by molar-refractivity contribution is 0.0478. The van der Waals surface area contributed by atoms with Crippen molar-refractivity contribution in [3.8, 4) is 0 Å². The number of benzene rings is 2. The van der Waals surface area contributed by atoms with Crippen molar-refractivity contribution in [3.63, 3.8) is 0 Å². The summed E-state index contributed by atoms with van der Waals surface area (Å²) in [6.07, 6.45) is 8.03. The maximum atomic E-state index is 11.1.